The van der Waals surface area contributed by atoms with Crippen molar-refractivity contribution in [3.63, 3.8) is 0 Å². The lowest BCUT2D eigenvalue weighted by Gasteiger charge is -2.25. The minimum Gasteiger partial charge on any atom is -0.484 e. The summed E-state index contributed by atoms with van der Waals surface area (Å²) in [4.78, 5) is 25.8. The van der Waals surface area contributed by atoms with Crippen molar-refractivity contribution in [2.45, 2.75) is 25.8 Å². The number of carbonyl (C=O) groups excluding carboxylic acids is 2. The smallest absolute Gasteiger partial charge is 0.258 e. The van der Waals surface area contributed by atoms with Crippen LogP contribution in [0.3, 0.4) is 0 Å². The van der Waals surface area contributed by atoms with Crippen LogP contribution < -0.4 is 15.5 Å². The Labute approximate surface area is 169 Å². The Hall–Kier alpha value is -3.13. The average molecular weight is 398 g/mol. The van der Waals surface area contributed by atoms with Crippen molar-refractivity contribution < 1.29 is 18.7 Å². The van der Waals surface area contributed by atoms with Gasteiger partial charge in [0, 0.05) is 0 Å². The Kier molecular flexibility index (Phi) is 7.82. The monoisotopic (exact) mass is 398 g/mol. The number of amides is 2. The number of nitrogens with one attached hydrogen (secondary N) is 2. The van der Waals surface area contributed by atoms with E-state index in [-0.39, 0.29) is 18.4 Å². The molecule has 0 unspecified atom stereocenters. The lowest BCUT2D eigenvalue weighted by Crippen LogP contribution is -2.38. The van der Waals surface area contributed by atoms with E-state index in [1.54, 1.807) is 48.9 Å². The molecule has 3 rings (SSSR count). The quantitative estimate of drug-likeness (QED) is 0.497. The van der Waals surface area contributed by atoms with Crippen LogP contribution in [-0.2, 0) is 16.1 Å². The van der Waals surface area contributed by atoms with Gasteiger partial charge in [-0.2, -0.15) is 5.10 Å². The number of hydrazone groups is 1. The van der Waals surface area contributed by atoms with Crippen molar-refractivity contribution in [2.24, 2.45) is 5.10 Å². The number of ether oxygens (including phenoxy) is 1. The van der Waals surface area contributed by atoms with E-state index in [4.69, 9.17) is 9.15 Å². The van der Waals surface area contributed by atoms with Crippen LogP contribution in [0.2, 0.25) is 0 Å². The molecule has 8 nitrogen and oxygen atoms in total. The highest BCUT2D eigenvalue weighted by atomic mass is 16.5. The summed E-state index contributed by atoms with van der Waals surface area (Å²) in [6.07, 6.45) is 6.68. The third kappa shape index (κ3) is 7.42. The summed E-state index contributed by atoms with van der Waals surface area (Å²) in [5, 5.41) is 6.71. The van der Waals surface area contributed by atoms with Crippen LogP contribution in [0.4, 0.5) is 0 Å². The van der Waals surface area contributed by atoms with E-state index in [0.29, 0.717) is 24.6 Å². The second-order valence-corrected chi connectivity index (χ2v) is 6.84. The molecule has 1 aromatic heterocycles. The lowest BCUT2D eigenvalue weighted by molar-refractivity contribution is -0.123. The zero-order chi connectivity index (χ0) is 20.3. The Bertz CT molecular complexity index is 797. The van der Waals surface area contributed by atoms with Crippen LogP contribution in [0.25, 0.3) is 0 Å². The minimum atomic E-state index is -0.233. The second-order valence-electron chi connectivity index (χ2n) is 6.84. The Morgan fingerprint density at radius 3 is 2.62 bits per heavy atom. The Morgan fingerprint density at radius 2 is 1.90 bits per heavy atom. The van der Waals surface area contributed by atoms with Crippen molar-refractivity contribution in [1.29, 1.82) is 0 Å². The summed E-state index contributed by atoms with van der Waals surface area (Å²) in [5.74, 6) is 0.918. The molecule has 2 amide bonds. The molecular weight excluding hydrogens is 372 g/mol. The van der Waals surface area contributed by atoms with Crippen LogP contribution >= 0.6 is 0 Å². The van der Waals surface area contributed by atoms with Gasteiger partial charge in [0.2, 0.25) is 0 Å². The third-order valence-corrected chi connectivity index (χ3v) is 4.51. The Balaban J connectivity index is 1.35. The summed E-state index contributed by atoms with van der Waals surface area (Å²) in [7, 11) is 0. The molecule has 2 heterocycles. The molecule has 1 saturated heterocycles. The molecule has 2 N–H and O–H groups in total. The molecule has 0 radical (unpaired) electrons. The van der Waals surface area contributed by atoms with Crippen LogP contribution in [0.5, 0.6) is 5.75 Å². The second kappa shape index (κ2) is 11.0. The number of likely N-dealkylation sites (tertiary alicyclic amines) is 1. The van der Waals surface area contributed by atoms with Gasteiger partial charge in [-0.15, -0.1) is 0 Å². The maximum absolute atomic E-state index is 11.9. The summed E-state index contributed by atoms with van der Waals surface area (Å²) < 4.78 is 10.6. The van der Waals surface area contributed by atoms with Gasteiger partial charge in [-0.1, -0.05) is 6.42 Å². The SMILES string of the molecule is O=C(COc1ccc(/C=N\NC(=O)CN2CCCCC2)cc1)NCc1ccco1. The number of furan rings is 1. The molecule has 0 atom stereocenters. The normalized spacial score (nSPS) is 14.6. The highest BCUT2D eigenvalue weighted by Crippen LogP contribution is 2.11. The zero-order valence-electron chi connectivity index (χ0n) is 16.3. The standard InChI is InChI=1S/C21H26N4O4/c26-20(15-25-10-2-1-3-11-25)24-23-13-17-6-8-18(9-7-17)29-16-21(27)22-14-19-5-4-12-28-19/h4-9,12-13H,1-3,10-11,14-16H2,(H,22,27)(H,24,26)/b23-13-. The number of rotatable bonds is 9. The fourth-order valence-corrected chi connectivity index (χ4v) is 2.98. The van der Waals surface area contributed by atoms with Gasteiger partial charge in [-0.05, 0) is 67.9 Å². The van der Waals surface area contributed by atoms with Gasteiger partial charge >= 0.3 is 0 Å². The first-order chi connectivity index (χ1) is 14.2. The first kappa shape index (κ1) is 20.6. The fourth-order valence-electron chi connectivity index (χ4n) is 2.98. The maximum Gasteiger partial charge on any atom is 0.258 e. The van der Waals surface area contributed by atoms with Gasteiger partial charge in [0.05, 0.1) is 25.6 Å². The molecule has 1 aromatic carbocycles. The van der Waals surface area contributed by atoms with Crippen LogP contribution in [0, 0.1) is 0 Å². The number of hydrogen-bond donors (Lipinski definition) is 2. The fraction of sp³-hybridized carbons (Fsp3) is 0.381. The van der Waals surface area contributed by atoms with Gasteiger partial charge in [0.25, 0.3) is 11.8 Å². The summed E-state index contributed by atoms with van der Waals surface area (Å²) >= 11 is 0. The van der Waals surface area contributed by atoms with Gasteiger partial charge < -0.3 is 14.5 Å². The van der Waals surface area contributed by atoms with Crippen molar-refractivity contribution in [3.05, 3.63) is 54.0 Å². The Morgan fingerprint density at radius 1 is 1.10 bits per heavy atom. The number of piperidine rings is 1. The van der Waals surface area contributed by atoms with Crippen molar-refractivity contribution in [3.8, 4) is 5.75 Å². The molecule has 8 heteroatoms. The zero-order valence-corrected chi connectivity index (χ0v) is 16.3. The lowest BCUT2D eigenvalue weighted by atomic mass is 10.1. The van der Waals surface area contributed by atoms with E-state index >= 15 is 0 Å². The van der Waals surface area contributed by atoms with Crippen molar-refractivity contribution in [2.75, 3.05) is 26.2 Å². The van der Waals surface area contributed by atoms with Crippen LogP contribution in [-0.4, -0.2) is 49.2 Å². The summed E-state index contributed by atoms with van der Waals surface area (Å²) in [6.45, 7) is 2.57. The predicted molar refractivity (Wildman–Crippen MR) is 109 cm³/mol. The van der Waals surface area contributed by atoms with Crippen molar-refractivity contribution >= 4 is 18.0 Å². The van der Waals surface area contributed by atoms with Crippen molar-refractivity contribution in [1.82, 2.24) is 15.6 Å². The average Bonchev–Trinajstić information content (AvgIpc) is 3.26. The highest BCUT2D eigenvalue weighted by molar-refractivity contribution is 5.83. The van der Waals surface area contributed by atoms with Gasteiger partial charge in [-0.25, -0.2) is 5.43 Å². The van der Waals surface area contributed by atoms with Gasteiger partial charge in [-0.3, -0.25) is 14.5 Å². The molecule has 2 aromatic rings. The number of carbonyl (C=O) groups is 2. The molecule has 0 saturated carbocycles. The number of benzene rings is 1. The first-order valence-electron chi connectivity index (χ1n) is 9.75. The highest BCUT2D eigenvalue weighted by Gasteiger charge is 2.13. The van der Waals surface area contributed by atoms with E-state index in [0.717, 1.165) is 31.5 Å². The maximum atomic E-state index is 11.9. The van der Waals surface area contributed by atoms with E-state index in [1.807, 2.05) is 0 Å². The minimum absolute atomic E-state index is 0.0826. The summed E-state index contributed by atoms with van der Waals surface area (Å²) in [6, 6.07) is 10.7. The number of nitrogens with zero attached hydrogens (tertiary/aromatic N) is 2. The molecule has 1 aliphatic rings. The molecule has 0 spiro atoms. The van der Waals surface area contributed by atoms with E-state index in [9.17, 15) is 9.59 Å². The largest absolute Gasteiger partial charge is 0.484 e. The molecule has 0 aliphatic carbocycles. The summed E-state index contributed by atoms with van der Waals surface area (Å²) in [5.41, 5.74) is 3.37. The van der Waals surface area contributed by atoms with Gasteiger partial charge in [0.1, 0.15) is 11.5 Å². The number of hydrogen-bond acceptors (Lipinski definition) is 6. The first-order valence-corrected chi connectivity index (χ1v) is 9.75. The van der Waals surface area contributed by atoms with Crippen LogP contribution in [0.1, 0.15) is 30.6 Å². The van der Waals surface area contributed by atoms with E-state index in [1.165, 1.54) is 6.42 Å². The van der Waals surface area contributed by atoms with Crippen LogP contribution in [0.15, 0.2) is 52.2 Å². The third-order valence-electron chi connectivity index (χ3n) is 4.51. The molecule has 1 aliphatic heterocycles. The van der Waals surface area contributed by atoms with E-state index in [2.05, 4.69) is 20.7 Å². The molecule has 29 heavy (non-hydrogen) atoms. The topological polar surface area (TPSA) is 96.2 Å². The molecule has 154 valence electrons. The van der Waals surface area contributed by atoms with Gasteiger partial charge in [0.15, 0.2) is 6.61 Å². The predicted octanol–water partition coefficient (Wildman–Crippen LogP) is 1.91. The molecule has 0 bridgehead atoms. The molecular formula is C21H26N4O4. The molecule has 1 fully saturated rings. The van der Waals surface area contributed by atoms with E-state index < -0.39 is 0 Å².